The van der Waals surface area contributed by atoms with E-state index in [0.29, 0.717) is 4.68 Å². The molecule has 0 amide bonds. The minimum Gasteiger partial charge on any atom is -0.257 e. The van der Waals surface area contributed by atoms with E-state index in [1.54, 1.807) is 0 Å². The van der Waals surface area contributed by atoms with Crippen molar-refractivity contribution in [3.63, 3.8) is 0 Å². The predicted molar refractivity (Wildman–Crippen MR) is 52.4 cm³/mol. The summed E-state index contributed by atoms with van der Waals surface area (Å²) in [7, 11) is 0. The van der Waals surface area contributed by atoms with Crippen LogP contribution in [-0.4, -0.2) is 9.78 Å². The number of aromatic nitrogens is 2. The van der Waals surface area contributed by atoms with Gasteiger partial charge in [0, 0.05) is 17.9 Å². The molecule has 1 saturated carbocycles. The molecule has 100 valence electrons. The fraction of sp³-hybridized carbons (Fsp3) is 0.727. The summed E-state index contributed by atoms with van der Waals surface area (Å²) in [6, 6.07) is -0.597. The first kappa shape index (κ1) is 11.9. The zero-order valence-electron chi connectivity index (χ0n) is 9.72. The first-order valence-corrected chi connectivity index (χ1v) is 5.73. The third-order valence-corrected chi connectivity index (χ3v) is 3.64. The Hall–Kier alpha value is -1.14. The van der Waals surface area contributed by atoms with Gasteiger partial charge in [-0.05, 0) is 20.3 Å². The number of fused-ring (bicyclic) bond motifs is 3. The van der Waals surface area contributed by atoms with E-state index in [2.05, 4.69) is 5.10 Å². The zero-order valence-corrected chi connectivity index (χ0v) is 9.72. The van der Waals surface area contributed by atoms with Crippen LogP contribution in [0.25, 0.3) is 0 Å². The number of hydrogen-bond acceptors (Lipinski definition) is 1. The van der Waals surface area contributed by atoms with Crippen molar-refractivity contribution in [1.29, 1.82) is 0 Å². The largest absolute Gasteiger partial charge is 0.433 e. The summed E-state index contributed by atoms with van der Waals surface area (Å²) in [5.74, 6) is -4.85. The third-order valence-electron chi connectivity index (χ3n) is 3.64. The summed E-state index contributed by atoms with van der Waals surface area (Å²) >= 11 is 0. The molecule has 3 rings (SSSR count). The summed E-state index contributed by atoms with van der Waals surface area (Å²) in [5.41, 5.74) is -2.21. The van der Waals surface area contributed by atoms with Crippen LogP contribution in [-0.2, 0) is 12.1 Å². The van der Waals surface area contributed by atoms with Crippen molar-refractivity contribution < 1.29 is 22.0 Å². The Morgan fingerprint density at radius 1 is 1.33 bits per heavy atom. The zero-order chi connectivity index (χ0) is 13.5. The van der Waals surface area contributed by atoms with Crippen LogP contribution < -0.4 is 0 Å². The van der Waals surface area contributed by atoms with Crippen molar-refractivity contribution in [1.82, 2.24) is 9.78 Å². The van der Waals surface area contributed by atoms with Crippen LogP contribution in [0.3, 0.4) is 0 Å². The normalized spacial score (nSPS) is 28.4. The van der Waals surface area contributed by atoms with Gasteiger partial charge in [-0.1, -0.05) is 0 Å². The molecule has 1 aromatic heterocycles. The molecule has 0 aliphatic heterocycles. The Kier molecular flexibility index (Phi) is 2.02. The van der Waals surface area contributed by atoms with Crippen LogP contribution in [0.4, 0.5) is 22.0 Å². The van der Waals surface area contributed by atoms with Crippen molar-refractivity contribution >= 4 is 0 Å². The maximum Gasteiger partial charge on any atom is 0.433 e. The lowest BCUT2D eigenvalue weighted by molar-refractivity contribution is -0.149. The van der Waals surface area contributed by atoms with Gasteiger partial charge >= 0.3 is 6.18 Å². The highest BCUT2D eigenvalue weighted by Gasteiger charge is 2.68. The first-order chi connectivity index (χ1) is 8.15. The van der Waals surface area contributed by atoms with E-state index >= 15 is 0 Å². The van der Waals surface area contributed by atoms with E-state index in [1.807, 2.05) is 0 Å². The van der Waals surface area contributed by atoms with Crippen LogP contribution in [0, 0.1) is 5.92 Å². The van der Waals surface area contributed by atoms with Gasteiger partial charge in [0.1, 0.15) is 0 Å². The van der Waals surface area contributed by atoms with Gasteiger partial charge in [-0.25, -0.2) is 8.78 Å². The van der Waals surface area contributed by atoms with E-state index in [9.17, 15) is 22.0 Å². The van der Waals surface area contributed by atoms with Crippen LogP contribution in [0.15, 0.2) is 0 Å². The number of hydrogen-bond donors (Lipinski definition) is 0. The van der Waals surface area contributed by atoms with Gasteiger partial charge in [0.15, 0.2) is 5.69 Å². The van der Waals surface area contributed by atoms with Gasteiger partial charge in [-0.3, -0.25) is 4.68 Å². The summed E-state index contributed by atoms with van der Waals surface area (Å²) in [6.45, 7) is 3.00. The summed E-state index contributed by atoms with van der Waals surface area (Å²) in [6.07, 6.45) is -4.56. The second kappa shape index (κ2) is 3.05. The Labute approximate surface area is 99.8 Å². The standard InChI is InChI=1S/C11H11F5N2/c1-4(2)18-9(11(14,15)16)7-8(17-18)5-3-6(5)10(7,12)13/h4-6H,3H2,1-2H3. The monoisotopic (exact) mass is 266 g/mol. The van der Waals surface area contributed by atoms with Gasteiger partial charge < -0.3 is 0 Å². The quantitative estimate of drug-likeness (QED) is 0.709. The van der Waals surface area contributed by atoms with Gasteiger partial charge in [-0.2, -0.15) is 18.3 Å². The molecule has 0 spiro atoms. The minimum absolute atomic E-state index is 0.0500. The van der Waals surface area contributed by atoms with Crippen LogP contribution in [0.1, 0.15) is 49.2 Å². The van der Waals surface area contributed by atoms with Gasteiger partial charge in [0.05, 0.1) is 11.3 Å². The number of nitrogens with zero attached hydrogens (tertiary/aromatic N) is 2. The van der Waals surface area contributed by atoms with Crippen LogP contribution in [0.2, 0.25) is 0 Å². The first-order valence-electron chi connectivity index (χ1n) is 5.73. The van der Waals surface area contributed by atoms with E-state index in [0.717, 1.165) is 0 Å². The molecule has 2 unspecified atom stereocenters. The second-order valence-corrected chi connectivity index (χ2v) is 5.22. The molecule has 2 atom stereocenters. The molecule has 1 fully saturated rings. The Morgan fingerprint density at radius 3 is 2.44 bits per heavy atom. The van der Waals surface area contributed by atoms with Gasteiger partial charge in [-0.15, -0.1) is 0 Å². The Balaban J connectivity index is 2.27. The molecule has 7 heteroatoms. The molecule has 1 heterocycles. The minimum atomic E-state index is -4.80. The van der Waals surface area contributed by atoms with E-state index in [1.165, 1.54) is 13.8 Å². The molecule has 0 bridgehead atoms. The number of rotatable bonds is 1. The molecule has 0 aromatic carbocycles. The summed E-state index contributed by atoms with van der Waals surface area (Å²) < 4.78 is 67.4. The van der Waals surface area contributed by atoms with Crippen molar-refractivity contribution in [2.45, 2.75) is 44.3 Å². The fourth-order valence-corrected chi connectivity index (χ4v) is 2.77. The molecule has 2 nitrogen and oxygen atoms in total. The van der Waals surface area contributed by atoms with Crippen LogP contribution >= 0.6 is 0 Å². The SMILES string of the molecule is CC(C)n1nc2c(c1C(F)(F)F)C(F)(F)C1CC21. The lowest BCUT2D eigenvalue weighted by atomic mass is 10.1. The molecule has 1 aromatic rings. The fourth-order valence-electron chi connectivity index (χ4n) is 2.77. The summed E-state index contributed by atoms with van der Waals surface area (Å²) in [5, 5.41) is 3.79. The van der Waals surface area contributed by atoms with Crippen molar-refractivity contribution in [3.8, 4) is 0 Å². The predicted octanol–water partition coefficient (Wildman–Crippen LogP) is 3.69. The smallest absolute Gasteiger partial charge is 0.257 e. The molecule has 0 saturated heterocycles. The molecule has 0 N–H and O–H groups in total. The lowest BCUT2D eigenvalue weighted by Crippen LogP contribution is -2.23. The van der Waals surface area contributed by atoms with E-state index in [-0.39, 0.29) is 12.1 Å². The van der Waals surface area contributed by atoms with Crippen molar-refractivity contribution in [3.05, 3.63) is 17.0 Å². The summed E-state index contributed by atoms with van der Waals surface area (Å²) in [4.78, 5) is 0. The highest BCUT2D eigenvalue weighted by atomic mass is 19.4. The van der Waals surface area contributed by atoms with E-state index in [4.69, 9.17) is 0 Å². The third kappa shape index (κ3) is 1.30. The van der Waals surface area contributed by atoms with Crippen molar-refractivity contribution in [2.75, 3.05) is 0 Å². The highest BCUT2D eigenvalue weighted by Crippen LogP contribution is 2.68. The molecule has 2 aliphatic carbocycles. The molecule has 18 heavy (non-hydrogen) atoms. The molecular weight excluding hydrogens is 255 g/mol. The number of alkyl halides is 5. The second-order valence-electron chi connectivity index (χ2n) is 5.22. The van der Waals surface area contributed by atoms with E-state index < -0.39 is 41.2 Å². The maximum atomic E-state index is 13.9. The van der Waals surface area contributed by atoms with Crippen molar-refractivity contribution in [2.24, 2.45) is 5.92 Å². The Morgan fingerprint density at radius 2 is 1.94 bits per heavy atom. The van der Waals surface area contributed by atoms with Gasteiger partial charge in [0.25, 0.3) is 5.92 Å². The molecule has 0 radical (unpaired) electrons. The average Bonchev–Trinajstić information content (AvgIpc) is 2.82. The topological polar surface area (TPSA) is 17.8 Å². The maximum absolute atomic E-state index is 13.9. The lowest BCUT2D eigenvalue weighted by Gasteiger charge is -2.18. The molecular formula is C11H11F5N2. The van der Waals surface area contributed by atoms with Gasteiger partial charge in [0.2, 0.25) is 0 Å². The molecule has 2 aliphatic rings. The number of halogens is 5. The average molecular weight is 266 g/mol. The Bertz CT molecular complexity index is 514. The van der Waals surface area contributed by atoms with Crippen LogP contribution in [0.5, 0.6) is 0 Å². The highest BCUT2D eigenvalue weighted by molar-refractivity contribution is 5.46.